The maximum Gasteiger partial charge on any atom is 0.0632 e. The van der Waals surface area contributed by atoms with Crippen LogP contribution in [-0.2, 0) is 0 Å². The van der Waals surface area contributed by atoms with Crippen LogP contribution in [0.4, 0.5) is 11.4 Å². The lowest BCUT2D eigenvalue weighted by Gasteiger charge is -2.30. The number of hydrogen-bond acceptors (Lipinski definition) is 2. The van der Waals surface area contributed by atoms with Crippen LogP contribution in [0.3, 0.4) is 0 Å². The number of anilines is 2. The number of nitrogens with zero attached hydrogens (tertiary/aromatic N) is 1. The summed E-state index contributed by atoms with van der Waals surface area (Å²) in [6.45, 7) is 4.23. The second-order valence-electron chi connectivity index (χ2n) is 4.85. The first kappa shape index (κ1) is 13.8. The quantitative estimate of drug-likeness (QED) is 0.839. The molecule has 0 spiro atoms. The maximum absolute atomic E-state index is 6.10. The molecule has 0 bridgehead atoms. The molecule has 2 nitrogen and oxygen atoms in total. The number of nitrogen functional groups attached to an aromatic ring is 1. The monoisotopic (exact) mass is 274 g/mol. The number of benzene rings is 2. The van der Waals surface area contributed by atoms with Crippen molar-refractivity contribution < 1.29 is 0 Å². The minimum absolute atomic E-state index is 0.210. The minimum Gasteiger partial charge on any atom is -0.397 e. The lowest BCUT2D eigenvalue weighted by Crippen LogP contribution is -2.23. The summed E-state index contributed by atoms with van der Waals surface area (Å²) in [6, 6.07) is 14.1. The zero-order chi connectivity index (χ0) is 14.0. The molecule has 0 radical (unpaired) electrons. The van der Waals surface area contributed by atoms with Gasteiger partial charge in [-0.1, -0.05) is 35.9 Å². The summed E-state index contributed by atoms with van der Waals surface area (Å²) in [6.07, 6.45) is 0. The third kappa shape index (κ3) is 2.85. The Bertz CT molecular complexity index is 560. The van der Waals surface area contributed by atoms with Gasteiger partial charge >= 0.3 is 0 Å². The summed E-state index contributed by atoms with van der Waals surface area (Å²) in [7, 11) is 2.06. The van der Waals surface area contributed by atoms with Gasteiger partial charge < -0.3 is 10.6 Å². The lowest BCUT2D eigenvalue weighted by atomic mass is 10.0. The number of para-hydroxylation sites is 1. The molecule has 0 heterocycles. The molecule has 0 saturated heterocycles. The van der Waals surface area contributed by atoms with E-state index in [9.17, 15) is 0 Å². The van der Waals surface area contributed by atoms with Gasteiger partial charge in [0.1, 0.15) is 0 Å². The highest BCUT2D eigenvalue weighted by atomic mass is 35.5. The molecule has 0 saturated carbocycles. The maximum atomic E-state index is 6.10. The first-order valence-corrected chi connectivity index (χ1v) is 6.72. The van der Waals surface area contributed by atoms with Crippen molar-refractivity contribution in [1.82, 2.24) is 0 Å². The molecular formula is C16H19ClN2. The molecule has 0 fully saturated rings. The second-order valence-corrected chi connectivity index (χ2v) is 5.29. The molecule has 0 aliphatic carbocycles. The third-order valence-corrected chi connectivity index (χ3v) is 3.77. The van der Waals surface area contributed by atoms with Crippen LogP contribution in [0.5, 0.6) is 0 Å². The van der Waals surface area contributed by atoms with Crippen molar-refractivity contribution in [2.75, 3.05) is 17.7 Å². The van der Waals surface area contributed by atoms with Crippen molar-refractivity contribution in [3.63, 3.8) is 0 Å². The molecule has 100 valence electrons. The van der Waals surface area contributed by atoms with Gasteiger partial charge in [0.15, 0.2) is 0 Å². The minimum atomic E-state index is 0.210. The summed E-state index contributed by atoms with van der Waals surface area (Å²) in [4.78, 5) is 2.19. The predicted octanol–water partition coefficient (Wildman–Crippen LogP) is 4.43. The van der Waals surface area contributed by atoms with Crippen molar-refractivity contribution in [3.05, 3.63) is 58.6 Å². The van der Waals surface area contributed by atoms with Crippen LogP contribution in [0.2, 0.25) is 5.02 Å². The van der Waals surface area contributed by atoms with Gasteiger partial charge in [-0.2, -0.15) is 0 Å². The van der Waals surface area contributed by atoms with Crippen molar-refractivity contribution >= 4 is 23.0 Å². The summed E-state index contributed by atoms with van der Waals surface area (Å²) in [5.74, 6) is 0. The number of rotatable bonds is 3. The summed E-state index contributed by atoms with van der Waals surface area (Å²) < 4.78 is 0. The molecule has 0 aliphatic rings. The zero-order valence-electron chi connectivity index (χ0n) is 11.5. The SMILES string of the molecule is Cc1cccc(N)c1N(C)C(C)c1cccc(Cl)c1. The van der Waals surface area contributed by atoms with E-state index in [1.807, 2.05) is 30.3 Å². The molecule has 2 N–H and O–H groups in total. The summed E-state index contributed by atoms with van der Waals surface area (Å²) in [5.41, 5.74) is 10.3. The van der Waals surface area contributed by atoms with Gasteiger partial charge in [-0.25, -0.2) is 0 Å². The molecule has 1 atom stereocenters. The van der Waals surface area contributed by atoms with Gasteiger partial charge in [0.05, 0.1) is 17.4 Å². The summed E-state index contributed by atoms with van der Waals surface area (Å²) in [5, 5.41) is 0.760. The van der Waals surface area contributed by atoms with Gasteiger partial charge in [0.25, 0.3) is 0 Å². The van der Waals surface area contributed by atoms with Crippen LogP contribution in [0.15, 0.2) is 42.5 Å². The van der Waals surface area contributed by atoms with E-state index in [0.717, 1.165) is 16.4 Å². The van der Waals surface area contributed by atoms with E-state index in [4.69, 9.17) is 17.3 Å². The summed E-state index contributed by atoms with van der Waals surface area (Å²) >= 11 is 6.06. The molecule has 19 heavy (non-hydrogen) atoms. The first-order valence-electron chi connectivity index (χ1n) is 6.34. The van der Waals surface area contributed by atoms with Crippen LogP contribution < -0.4 is 10.6 Å². The normalized spacial score (nSPS) is 12.2. The largest absolute Gasteiger partial charge is 0.397 e. The molecule has 0 aliphatic heterocycles. The Kier molecular flexibility index (Phi) is 4.01. The van der Waals surface area contributed by atoms with Crippen LogP contribution >= 0.6 is 11.6 Å². The van der Waals surface area contributed by atoms with E-state index in [1.54, 1.807) is 0 Å². The second kappa shape index (κ2) is 5.54. The number of aryl methyl sites for hydroxylation is 1. The molecular weight excluding hydrogens is 256 g/mol. The highest BCUT2D eigenvalue weighted by molar-refractivity contribution is 6.30. The van der Waals surface area contributed by atoms with E-state index < -0.39 is 0 Å². The highest BCUT2D eigenvalue weighted by Crippen LogP contribution is 2.33. The fraction of sp³-hybridized carbons (Fsp3) is 0.250. The Hall–Kier alpha value is -1.67. The topological polar surface area (TPSA) is 29.3 Å². The smallest absolute Gasteiger partial charge is 0.0632 e. The number of hydrogen-bond donors (Lipinski definition) is 1. The van der Waals surface area contributed by atoms with Crippen LogP contribution in [0.25, 0.3) is 0 Å². The Morgan fingerprint density at radius 1 is 1.16 bits per heavy atom. The van der Waals surface area contributed by atoms with Crippen LogP contribution in [0, 0.1) is 6.92 Å². The van der Waals surface area contributed by atoms with Crippen molar-refractivity contribution in [1.29, 1.82) is 0 Å². The molecule has 2 rings (SSSR count). The van der Waals surface area contributed by atoms with Crippen molar-refractivity contribution in [2.45, 2.75) is 19.9 Å². The van der Waals surface area contributed by atoms with Gasteiger partial charge in [-0.3, -0.25) is 0 Å². The molecule has 0 amide bonds. The van der Waals surface area contributed by atoms with E-state index in [0.29, 0.717) is 0 Å². The Balaban J connectivity index is 2.36. The molecule has 1 unspecified atom stereocenters. The Morgan fingerprint density at radius 2 is 1.84 bits per heavy atom. The first-order chi connectivity index (χ1) is 9.00. The third-order valence-electron chi connectivity index (χ3n) is 3.53. The molecule has 0 aromatic heterocycles. The van der Waals surface area contributed by atoms with Crippen molar-refractivity contribution in [2.24, 2.45) is 0 Å². The highest BCUT2D eigenvalue weighted by Gasteiger charge is 2.16. The predicted molar refractivity (Wildman–Crippen MR) is 83.9 cm³/mol. The Labute approximate surface area is 119 Å². The average molecular weight is 275 g/mol. The van der Waals surface area contributed by atoms with E-state index >= 15 is 0 Å². The lowest BCUT2D eigenvalue weighted by molar-refractivity contribution is 0.738. The van der Waals surface area contributed by atoms with Gasteiger partial charge in [0, 0.05) is 12.1 Å². The van der Waals surface area contributed by atoms with E-state index in [-0.39, 0.29) is 6.04 Å². The zero-order valence-corrected chi connectivity index (χ0v) is 12.3. The molecule has 2 aromatic rings. The van der Waals surface area contributed by atoms with Gasteiger partial charge in [0.2, 0.25) is 0 Å². The van der Waals surface area contributed by atoms with Crippen molar-refractivity contribution in [3.8, 4) is 0 Å². The molecule has 3 heteroatoms. The average Bonchev–Trinajstić information content (AvgIpc) is 2.37. The van der Waals surface area contributed by atoms with Gasteiger partial charge in [-0.15, -0.1) is 0 Å². The van der Waals surface area contributed by atoms with Crippen LogP contribution in [-0.4, -0.2) is 7.05 Å². The standard InChI is InChI=1S/C16H19ClN2/c1-11-6-4-9-15(18)16(11)19(3)12(2)13-7-5-8-14(17)10-13/h4-10,12H,18H2,1-3H3. The fourth-order valence-electron chi connectivity index (χ4n) is 2.35. The number of nitrogens with two attached hydrogens (primary N) is 1. The Morgan fingerprint density at radius 3 is 2.47 bits per heavy atom. The fourth-order valence-corrected chi connectivity index (χ4v) is 2.55. The van der Waals surface area contributed by atoms with Crippen LogP contribution in [0.1, 0.15) is 24.1 Å². The van der Waals surface area contributed by atoms with E-state index in [2.05, 4.69) is 37.9 Å². The number of halogens is 1. The molecule has 2 aromatic carbocycles. The van der Waals surface area contributed by atoms with E-state index in [1.165, 1.54) is 11.1 Å². The van der Waals surface area contributed by atoms with Gasteiger partial charge in [-0.05, 0) is 43.2 Å².